The number of pyridine rings is 1. The Morgan fingerprint density at radius 3 is 2.57 bits per heavy atom. The lowest BCUT2D eigenvalue weighted by molar-refractivity contribution is 0.686. The van der Waals surface area contributed by atoms with Crippen LogP contribution in [0.15, 0.2) is 24.5 Å². The first-order valence-electron chi connectivity index (χ1n) is 4.79. The zero-order valence-corrected chi connectivity index (χ0v) is 8.64. The summed E-state index contributed by atoms with van der Waals surface area (Å²) in [7, 11) is 0. The Bertz CT molecular complexity index is 300. The van der Waals surface area contributed by atoms with Crippen LogP contribution in [0.25, 0.3) is 0 Å². The summed E-state index contributed by atoms with van der Waals surface area (Å²) in [6.07, 6.45) is 4.11. The molecule has 14 heavy (non-hydrogen) atoms. The Morgan fingerprint density at radius 1 is 1.43 bits per heavy atom. The van der Waals surface area contributed by atoms with Gasteiger partial charge in [0.2, 0.25) is 0 Å². The van der Waals surface area contributed by atoms with Crippen molar-refractivity contribution in [1.82, 2.24) is 4.98 Å². The third-order valence-electron chi connectivity index (χ3n) is 2.08. The van der Waals surface area contributed by atoms with E-state index < -0.39 is 0 Å². The molecule has 3 heteroatoms. The standard InChI is InChI=1S/C11H15N3/c1-10(2)14(9-3-6-12)11-4-7-13-8-5-11/h4-5,7-8,10H,3,9H2,1-2H3. The number of nitrogens with zero attached hydrogens (tertiary/aromatic N) is 3. The second kappa shape index (κ2) is 5.23. The van der Waals surface area contributed by atoms with Crippen molar-refractivity contribution >= 4 is 5.69 Å². The number of nitriles is 1. The largest absolute Gasteiger partial charge is 0.368 e. The summed E-state index contributed by atoms with van der Waals surface area (Å²) in [5.41, 5.74) is 1.13. The highest BCUT2D eigenvalue weighted by molar-refractivity contribution is 5.45. The van der Waals surface area contributed by atoms with Gasteiger partial charge in [0, 0.05) is 30.7 Å². The molecule has 3 nitrogen and oxygen atoms in total. The van der Waals surface area contributed by atoms with Crippen molar-refractivity contribution in [2.24, 2.45) is 0 Å². The summed E-state index contributed by atoms with van der Waals surface area (Å²) < 4.78 is 0. The molecule has 0 aliphatic carbocycles. The average molecular weight is 189 g/mol. The minimum atomic E-state index is 0.408. The van der Waals surface area contributed by atoms with Gasteiger partial charge in [0.25, 0.3) is 0 Å². The first-order valence-corrected chi connectivity index (χ1v) is 4.79. The zero-order valence-electron chi connectivity index (χ0n) is 8.64. The molecule has 0 radical (unpaired) electrons. The maximum Gasteiger partial charge on any atom is 0.0640 e. The van der Waals surface area contributed by atoms with Gasteiger partial charge < -0.3 is 4.90 Å². The molecule has 0 aromatic carbocycles. The van der Waals surface area contributed by atoms with Crippen molar-refractivity contribution in [2.75, 3.05) is 11.4 Å². The minimum Gasteiger partial charge on any atom is -0.368 e. The van der Waals surface area contributed by atoms with E-state index in [4.69, 9.17) is 5.26 Å². The molecular formula is C11H15N3. The van der Waals surface area contributed by atoms with Crippen LogP contribution in [0.3, 0.4) is 0 Å². The van der Waals surface area contributed by atoms with Gasteiger partial charge in [0.1, 0.15) is 0 Å². The molecule has 1 rings (SSSR count). The van der Waals surface area contributed by atoms with Crippen LogP contribution < -0.4 is 4.90 Å². The highest BCUT2D eigenvalue weighted by Gasteiger charge is 2.08. The fraction of sp³-hybridized carbons (Fsp3) is 0.455. The number of aromatic nitrogens is 1. The molecular weight excluding hydrogens is 174 g/mol. The summed E-state index contributed by atoms with van der Waals surface area (Å²) >= 11 is 0. The van der Waals surface area contributed by atoms with Gasteiger partial charge in [-0.15, -0.1) is 0 Å². The number of rotatable bonds is 4. The molecule has 0 saturated carbocycles. The van der Waals surface area contributed by atoms with Gasteiger partial charge in [-0.05, 0) is 26.0 Å². The predicted octanol–water partition coefficient (Wildman–Crippen LogP) is 2.21. The van der Waals surface area contributed by atoms with Crippen molar-refractivity contribution in [3.8, 4) is 6.07 Å². The summed E-state index contributed by atoms with van der Waals surface area (Å²) in [4.78, 5) is 6.18. The molecule has 0 spiro atoms. The quantitative estimate of drug-likeness (QED) is 0.729. The molecule has 0 aliphatic heterocycles. The minimum absolute atomic E-state index is 0.408. The second-order valence-corrected chi connectivity index (χ2v) is 3.40. The van der Waals surface area contributed by atoms with Crippen LogP contribution in [0.5, 0.6) is 0 Å². The van der Waals surface area contributed by atoms with Crippen LogP contribution in [-0.2, 0) is 0 Å². The third-order valence-corrected chi connectivity index (χ3v) is 2.08. The molecule has 1 aromatic heterocycles. The van der Waals surface area contributed by atoms with E-state index in [-0.39, 0.29) is 0 Å². The maximum atomic E-state index is 8.55. The zero-order chi connectivity index (χ0) is 10.4. The van der Waals surface area contributed by atoms with Gasteiger partial charge in [-0.3, -0.25) is 4.98 Å². The molecule has 0 aliphatic rings. The van der Waals surface area contributed by atoms with Crippen LogP contribution in [0.2, 0.25) is 0 Å². The molecule has 0 amide bonds. The topological polar surface area (TPSA) is 39.9 Å². The van der Waals surface area contributed by atoms with Crippen LogP contribution in [0.4, 0.5) is 5.69 Å². The van der Waals surface area contributed by atoms with Crippen molar-refractivity contribution in [2.45, 2.75) is 26.3 Å². The number of hydrogen-bond acceptors (Lipinski definition) is 3. The summed E-state index contributed by atoms with van der Waals surface area (Å²) in [6.45, 7) is 5.02. The van der Waals surface area contributed by atoms with Gasteiger partial charge in [-0.25, -0.2) is 0 Å². The molecule has 0 atom stereocenters. The van der Waals surface area contributed by atoms with Gasteiger partial charge in [0.15, 0.2) is 0 Å². The molecule has 0 N–H and O–H groups in total. The molecule has 0 fully saturated rings. The van der Waals surface area contributed by atoms with E-state index >= 15 is 0 Å². The fourth-order valence-electron chi connectivity index (χ4n) is 1.39. The first kappa shape index (κ1) is 10.5. The van der Waals surface area contributed by atoms with Crippen LogP contribution in [0.1, 0.15) is 20.3 Å². The first-order chi connectivity index (χ1) is 6.75. The Hall–Kier alpha value is -1.56. The van der Waals surface area contributed by atoms with E-state index in [1.54, 1.807) is 12.4 Å². The van der Waals surface area contributed by atoms with E-state index in [2.05, 4.69) is 29.8 Å². The van der Waals surface area contributed by atoms with E-state index in [1.807, 2.05) is 12.1 Å². The Labute approximate surface area is 85.0 Å². The second-order valence-electron chi connectivity index (χ2n) is 3.40. The van der Waals surface area contributed by atoms with Crippen molar-refractivity contribution in [3.63, 3.8) is 0 Å². The third kappa shape index (κ3) is 2.74. The van der Waals surface area contributed by atoms with Crippen LogP contribution in [0, 0.1) is 11.3 Å². The lowest BCUT2D eigenvalue weighted by Crippen LogP contribution is -2.31. The van der Waals surface area contributed by atoms with Gasteiger partial charge in [-0.1, -0.05) is 0 Å². The van der Waals surface area contributed by atoms with E-state index in [9.17, 15) is 0 Å². The van der Waals surface area contributed by atoms with Crippen LogP contribution >= 0.6 is 0 Å². The monoisotopic (exact) mass is 189 g/mol. The smallest absolute Gasteiger partial charge is 0.0640 e. The molecule has 1 aromatic rings. The van der Waals surface area contributed by atoms with E-state index in [1.165, 1.54) is 0 Å². The number of anilines is 1. The SMILES string of the molecule is CC(C)N(CCC#N)c1ccncc1. The van der Waals surface area contributed by atoms with Crippen LogP contribution in [-0.4, -0.2) is 17.6 Å². The van der Waals surface area contributed by atoms with Gasteiger partial charge >= 0.3 is 0 Å². The Kier molecular flexibility index (Phi) is 3.93. The highest BCUT2D eigenvalue weighted by atomic mass is 15.1. The molecule has 74 valence electrons. The van der Waals surface area contributed by atoms with Crippen molar-refractivity contribution < 1.29 is 0 Å². The Balaban J connectivity index is 2.74. The summed E-state index contributed by atoms with van der Waals surface area (Å²) in [5, 5.41) is 8.55. The maximum absolute atomic E-state index is 8.55. The Morgan fingerprint density at radius 2 is 2.07 bits per heavy atom. The molecule has 0 bridgehead atoms. The van der Waals surface area contributed by atoms with E-state index in [0.29, 0.717) is 12.5 Å². The molecule has 0 unspecified atom stereocenters. The predicted molar refractivity (Wildman–Crippen MR) is 56.9 cm³/mol. The van der Waals surface area contributed by atoms with E-state index in [0.717, 1.165) is 12.2 Å². The highest BCUT2D eigenvalue weighted by Crippen LogP contribution is 2.15. The number of hydrogen-bond donors (Lipinski definition) is 0. The molecule has 0 saturated heterocycles. The van der Waals surface area contributed by atoms with Gasteiger partial charge in [0.05, 0.1) is 12.5 Å². The lowest BCUT2D eigenvalue weighted by atomic mass is 10.2. The van der Waals surface area contributed by atoms with Crippen molar-refractivity contribution in [1.29, 1.82) is 5.26 Å². The van der Waals surface area contributed by atoms with Gasteiger partial charge in [-0.2, -0.15) is 5.26 Å². The molecule has 1 heterocycles. The summed E-state index contributed by atoms with van der Waals surface area (Å²) in [6, 6.07) is 6.51. The average Bonchev–Trinajstić information content (AvgIpc) is 2.19. The normalized spacial score (nSPS) is 9.86. The van der Waals surface area contributed by atoms with Crippen molar-refractivity contribution in [3.05, 3.63) is 24.5 Å². The summed E-state index contributed by atoms with van der Waals surface area (Å²) in [5.74, 6) is 0. The lowest BCUT2D eigenvalue weighted by Gasteiger charge is -2.27. The fourth-order valence-corrected chi connectivity index (χ4v) is 1.39.